The molecule has 92 valence electrons. The van der Waals surface area contributed by atoms with Gasteiger partial charge in [-0.3, -0.25) is 4.79 Å². The smallest absolute Gasteiger partial charge is 0.252 e. The van der Waals surface area contributed by atoms with Gasteiger partial charge in [-0.25, -0.2) is 0 Å². The molecule has 1 aromatic rings. The first-order chi connectivity index (χ1) is 8.08. The van der Waals surface area contributed by atoms with Gasteiger partial charge in [0.2, 0.25) is 0 Å². The summed E-state index contributed by atoms with van der Waals surface area (Å²) >= 11 is 0. The third-order valence-electron chi connectivity index (χ3n) is 3.61. The van der Waals surface area contributed by atoms with Gasteiger partial charge in [0.05, 0.1) is 12.1 Å². The topological polar surface area (TPSA) is 75.4 Å². The number of aliphatic hydroxyl groups excluding tert-OH is 1. The van der Waals surface area contributed by atoms with Crippen LogP contribution in [0.3, 0.4) is 0 Å². The number of amides is 1. The van der Waals surface area contributed by atoms with Crippen molar-refractivity contribution in [3.05, 3.63) is 29.3 Å². The van der Waals surface area contributed by atoms with E-state index in [1.807, 2.05) is 6.92 Å². The Hall–Kier alpha value is -1.55. The molecule has 0 bridgehead atoms. The van der Waals surface area contributed by atoms with Gasteiger partial charge in [-0.1, -0.05) is 6.07 Å². The summed E-state index contributed by atoms with van der Waals surface area (Å²) in [4.78, 5) is 12.1. The van der Waals surface area contributed by atoms with Crippen LogP contribution in [0.15, 0.2) is 18.2 Å². The average Bonchev–Trinajstić information content (AvgIpc) is 2.27. The standard InChI is InChI=1S/C13H18N2O2/c1-9-10(4-2-5-11(9)14)12(17)15-13(8-16)6-3-7-13/h2,4-5,16H,3,6-8,14H2,1H3,(H,15,17). The van der Waals surface area contributed by atoms with E-state index < -0.39 is 5.54 Å². The highest BCUT2D eigenvalue weighted by Crippen LogP contribution is 2.31. The zero-order valence-electron chi connectivity index (χ0n) is 9.99. The van der Waals surface area contributed by atoms with E-state index >= 15 is 0 Å². The van der Waals surface area contributed by atoms with Gasteiger partial charge in [0.25, 0.3) is 5.91 Å². The van der Waals surface area contributed by atoms with Crippen molar-refractivity contribution < 1.29 is 9.90 Å². The highest BCUT2D eigenvalue weighted by Gasteiger charge is 2.38. The highest BCUT2D eigenvalue weighted by atomic mass is 16.3. The Labute approximate surface area is 101 Å². The van der Waals surface area contributed by atoms with Crippen molar-refractivity contribution in [2.45, 2.75) is 31.7 Å². The van der Waals surface area contributed by atoms with Gasteiger partial charge in [0.15, 0.2) is 0 Å². The molecule has 0 spiro atoms. The molecule has 4 heteroatoms. The second-order valence-corrected chi connectivity index (χ2v) is 4.77. The van der Waals surface area contributed by atoms with Gasteiger partial charge in [0, 0.05) is 11.3 Å². The lowest BCUT2D eigenvalue weighted by molar-refractivity contribution is 0.0641. The SMILES string of the molecule is Cc1c(N)cccc1C(=O)NC1(CO)CCC1. The molecule has 4 nitrogen and oxygen atoms in total. The zero-order valence-corrected chi connectivity index (χ0v) is 9.99. The Bertz CT molecular complexity index is 434. The molecule has 4 N–H and O–H groups in total. The second kappa shape index (κ2) is 4.37. The minimum Gasteiger partial charge on any atom is -0.398 e. The molecule has 0 aromatic heterocycles. The van der Waals surface area contributed by atoms with Crippen LogP contribution in [0.4, 0.5) is 5.69 Å². The molecular weight excluding hydrogens is 216 g/mol. The largest absolute Gasteiger partial charge is 0.398 e. The fourth-order valence-electron chi connectivity index (χ4n) is 2.13. The quantitative estimate of drug-likeness (QED) is 0.688. The number of hydrogen-bond acceptors (Lipinski definition) is 3. The number of nitrogens with two attached hydrogens (primary N) is 1. The second-order valence-electron chi connectivity index (χ2n) is 4.77. The Kier molecular flexibility index (Phi) is 3.07. The van der Waals surface area contributed by atoms with Crippen molar-refractivity contribution in [2.24, 2.45) is 0 Å². The summed E-state index contributed by atoms with van der Waals surface area (Å²) in [5.74, 6) is -0.149. The molecule has 0 unspecified atom stereocenters. The summed E-state index contributed by atoms with van der Waals surface area (Å²) in [6.45, 7) is 1.83. The number of hydrogen-bond donors (Lipinski definition) is 3. The molecule has 0 heterocycles. The van der Waals surface area contributed by atoms with Crippen LogP contribution in [0.25, 0.3) is 0 Å². The maximum absolute atomic E-state index is 12.1. The van der Waals surface area contributed by atoms with E-state index in [0.29, 0.717) is 11.3 Å². The van der Waals surface area contributed by atoms with Crippen molar-refractivity contribution in [1.29, 1.82) is 0 Å². The third-order valence-corrected chi connectivity index (χ3v) is 3.61. The minimum atomic E-state index is -0.409. The normalized spacial score (nSPS) is 17.3. The molecule has 1 aliphatic rings. The van der Waals surface area contributed by atoms with Crippen LogP contribution in [0.2, 0.25) is 0 Å². The van der Waals surface area contributed by atoms with Gasteiger partial charge in [-0.05, 0) is 43.9 Å². The summed E-state index contributed by atoms with van der Waals surface area (Å²) in [7, 11) is 0. The van der Waals surface area contributed by atoms with Crippen LogP contribution in [-0.2, 0) is 0 Å². The first kappa shape index (κ1) is 11.9. The maximum atomic E-state index is 12.1. The molecule has 1 saturated carbocycles. The molecule has 0 radical (unpaired) electrons. The van der Waals surface area contributed by atoms with Crippen LogP contribution < -0.4 is 11.1 Å². The molecule has 17 heavy (non-hydrogen) atoms. The summed E-state index contributed by atoms with van der Waals surface area (Å²) in [5.41, 5.74) is 7.36. The van der Waals surface area contributed by atoms with E-state index in [9.17, 15) is 9.90 Å². The van der Waals surface area contributed by atoms with E-state index in [2.05, 4.69) is 5.32 Å². The molecule has 1 fully saturated rings. The van der Waals surface area contributed by atoms with Crippen LogP contribution in [0.1, 0.15) is 35.2 Å². The number of carbonyl (C=O) groups is 1. The molecular formula is C13H18N2O2. The Morgan fingerprint density at radius 1 is 1.53 bits per heavy atom. The van der Waals surface area contributed by atoms with Crippen molar-refractivity contribution in [3.63, 3.8) is 0 Å². The number of nitrogen functional groups attached to an aromatic ring is 1. The van der Waals surface area contributed by atoms with Gasteiger partial charge >= 0.3 is 0 Å². The van der Waals surface area contributed by atoms with Crippen LogP contribution >= 0.6 is 0 Å². The average molecular weight is 234 g/mol. The summed E-state index contributed by atoms with van der Waals surface area (Å²) in [6, 6.07) is 5.30. The number of carbonyl (C=O) groups excluding carboxylic acids is 1. The predicted molar refractivity (Wildman–Crippen MR) is 66.7 cm³/mol. The van der Waals surface area contributed by atoms with Crippen molar-refractivity contribution in [2.75, 3.05) is 12.3 Å². The number of aliphatic hydroxyl groups is 1. The van der Waals surface area contributed by atoms with E-state index in [4.69, 9.17) is 5.73 Å². The fraction of sp³-hybridized carbons (Fsp3) is 0.462. The van der Waals surface area contributed by atoms with Crippen molar-refractivity contribution >= 4 is 11.6 Å². The monoisotopic (exact) mass is 234 g/mol. The van der Waals surface area contributed by atoms with Gasteiger partial charge in [0.1, 0.15) is 0 Å². The number of benzene rings is 1. The zero-order chi connectivity index (χ0) is 12.5. The predicted octanol–water partition coefficient (Wildman–Crippen LogP) is 1.22. The number of nitrogens with one attached hydrogen (secondary N) is 1. The van der Waals surface area contributed by atoms with Gasteiger partial charge < -0.3 is 16.2 Å². The van der Waals surface area contributed by atoms with E-state index in [0.717, 1.165) is 24.8 Å². The lowest BCUT2D eigenvalue weighted by Crippen LogP contribution is -2.56. The van der Waals surface area contributed by atoms with E-state index in [-0.39, 0.29) is 12.5 Å². The lowest BCUT2D eigenvalue weighted by atomic mass is 9.77. The number of anilines is 1. The first-order valence-corrected chi connectivity index (χ1v) is 5.86. The molecule has 2 rings (SSSR count). The molecule has 1 amide bonds. The fourth-order valence-corrected chi connectivity index (χ4v) is 2.13. The van der Waals surface area contributed by atoms with E-state index in [1.54, 1.807) is 18.2 Å². The number of rotatable bonds is 3. The van der Waals surface area contributed by atoms with Gasteiger partial charge in [-0.2, -0.15) is 0 Å². The Morgan fingerprint density at radius 3 is 2.76 bits per heavy atom. The lowest BCUT2D eigenvalue weighted by Gasteiger charge is -2.41. The minimum absolute atomic E-state index is 0.000103. The highest BCUT2D eigenvalue weighted by molar-refractivity contribution is 5.97. The molecule has 0 aliphatic heterocycles. The van der Waals surface area contributed by atoms with Crippen LogP contribution in [0, 0.1) is 6.92 Å². The van der Waals surface area contributed by atoms with Crippen molar-refractivity contribution in [1.82, 2.24) is 5.32 Å². The van der Waals surface area contributed by atoms with Crippen LogP contribution in [0.5, 0.6) is 0 Å². The van der Waals surface area contributed by atoms with Crippen molar-refractivity contribution in [3.8, 4) is 0 Å². The third kappa shape index (κ3) is 2.13. The Morgan fingerprint density at radius 2 is 2.24 bits per heavy atom. The van der Waals surface area contributed by atoms with Crippen LogP contribution in [-0.4, -0.2) is 23.2 Å². The molecule has 0 saturated heterocycles. The van der Waals surface area contributed by atoms with Gasteiger partial charge in [-0.15, -0.1) is 0 Å². The summed E-state index contributed by atoms with van der Waals surface area (Å²) in [5, 5.41) is 12.2. The summed E-state index contributed by atoms with van der Waals surface area (Å²) in [6.07, 6.45) is 2.74. The van der Waals surface area contributed by atoms with E-state index in [1.165, 1.54) is 0 Å². The molecule has 1 aliphatic carbocycles. The molecule has 1 aromatic carbocycles. The first-order valence-electron chi connectivity index (χ1n) is 5.86. The Balaban J connectivity index is 2.17. The maximum Gasteiger partial charge on any atom is 0.252 e. The summed E-state index contributed by atoms with van der Waals surface area (Å²) < 4.78 is 0. The molecule has 0 atom stereocenters.